The lowest BCUT2D eigenvalue weighted by atomic mass is 10.1. The van der Waals surface area contributed by atoms with Crippen LogP contribution in [0.2, 0.25) is 0 Å². The van der Waals surface area contributed by atoms with Crippen molar-refractivity contribution >= 4 is 5.91 Å². The monoisotopic (exact) mass is 178 g/mol. The summed E-state index contributed by atoms with van der Waals surface area (Å²) in [5, 5.41) is 0. The molecule has 0 unspecified atom stereocenters. The Morgan fingerprint density at radius 1 is 1.31 bits per heavy atom. The van der Waals surface area contributed by atoms with Crippen LogP contribution in [0.1, 0.15) is 25.5 Å². The standard InChI is InChI=1S/C10H14N2O/c1-8(11-12-9(2)13)10-6-4-3-5-7-10/h3-8,11H,1-2H3,(H,12,13)/t8-/m1/s1. The molecule has 0 heterocycles. The first kappa shape index (κ1) is 9.74. The average molecular weight is 178 g/mol. The summed E-state index contributed by atoms with van der Waals surface area (Å²) in [5.74, 6) is -0.0808. The van der Waals surface area contributed by atoms with E-state index in [0.29, 0.717) is 0 Å². The minimum Gasteiger partial charge on any atom is -0.291 e. The minimum absolute atomic E-state index is 0.0808. The van der Waals surface area contributed by atoms with Crippen LogP contribution >= 0.6 is 0 Å². The molecular weight excluding hydrogens is 164 g/mol. The van der Waals surface area contributed by atoms with E-state index in [-0.39, 0.29) is 11.9 Å². The van der Waals surface area contributed by atoms with Crippen molar-refractivity contribution in [3.8, 4) is 0 Å². The van der Waals surface area contributed by atoms with Crippen molar-refractivity contribution in [2.75, 3.05) is 0 Å². The lowest BCUT2D eigenvalue weighted by molar-refractivity contribution is -0.120. The predicted molar refractivity (Wildman–Crippen MR) is 51.8 cm³/mol. The van der Waals surface area contributed by atoms with Crippen LogP contribution in [-0.4, -0.2) is 5.91 Å². The lowest BCUT2D eigenvalue weighted by Crippen LogP contribution is -2.37. The number of hydrogen-bond donors (Lipinski definition) is 2. The maximum Gasteiger partial charge on any atom is 0.230 e. The molecule has 1 aromatic rings. The third-order valence-corrected chi connectivity index (χ3v) is 1.76. The van der Waals surface area contributed by atoms with E-state index in [1.54, 1.807) is 0 Å². The summed E-state index contributed by atoms with van der Waals surface area (Å²) in [4.78, 5) is 10.6. The number of carbonyl (C=O) groups excluding carboxylic acids is 1. The lowest BCUT2D eigenvalue weighted by Gasteiger charge is -2.13. The molecule has 1 rings (SSSR count). The molecule has 3 heteroatoms. The van der Waals surface area contributed by atoms with Gasteiger partial charge >= 0.3 is 0 Å². The number of benzene rings is 1. The normalized spacial score (nSPS) is 12.2. The van der Waals surface area contributed by atoms with Crippen molar-refractivity contribution in [1.82, 2.24) is 10.9 Å². The Hall–Kier alpha value is -1.35. The maximum atomic E-state index is 10.6. The third kappa shape index (κ3) is 3.25. The molecule has 1 amide bonds. The molecule has 0 saturated carbocycles. The highest BCUT2D eigenvalue weighted by atomic mass is 16.2. The largest absolute Gasteiger partial charge is 0.291 e. The molecule has 0 aliphatic heterocycles. The maximum absolute atomic E-state index is 10.6. The van der Waals surface area contributed by atoms with Gasteiger partial charge in [-0.25, -0.2) is 5.43 Å². The molecule has 0 aliphatic rings. The van der Waals surface area contributed by atoms with Gasteiger partial charge in [-0.2, -0.15) is 0 Å². The van der Waals surface area contributed by atoms with Crippen LogP contribution in [-0.2, 0) is 4.79 Å². The summed E-state index contributed by atoms with van der Waals surface area (Å²) in [7, 11) is 0. The van der Waals surface area contributed by atoms with Gasteiger partial charge in [0, 0.05) is 13.0 Å². The first-order chi connectivity index (χ1) is 6.20. The van der Waals surface area contributed by atoms with Gasteiger partial charge in [-0.15, -0.1) is 0 Å². The van der Waals surface area contributed by atoms with Gasteiger partial charge in [-0.1, -0.05) is 30.3 Å². The molecule has 0 fully saturated rings. The van der Waals surface area contributed by atoms with Gasteiger partial charge in [-0.05, 0) is 12.5 Å². The Kier molecular flexibility index (Phi) is 3.46. The van der Waals surface area contributed by atoms with Crippen molar-refractivity contribution < 1.29 is 4.79 Å². The highest BCUT2D eigenvalue weighted by Crippen LogP contribution is 2.09. The zero-order chi connectivity index (χ0) is 9.68. The summed E-state index contributed by atoms with van der Waals surface area (Å²) in [6.45, 7) is 3.47. The Morgan fingerprint density at radius 2 is 1.92 bits per heavy atom. The number of nitrogens with one attached hydrogen (secondary N) is 2. The molecule has 0 saturated heterocycles. The van der Waals surface area contributed by atoms with Gasteiger partial charge in [0.1, 0.15) is 0 Å². The van der Waals surface area contributed by atoms with Crippen molar-refractivity contribution in [1.29, 1.82) is 0 Å². The van der Waals surface area contributed by atoms with Crippen LogP contribution in [0.25, 0.3) is 0 Å². The molecule has 0 aliphatic carbocycles. The van der Waals surface area contributed by atoms with Crippen molar-refractivity contribution in [3.63, 3.8) is 0 Å². The smallest absolute Gasteiger partial charge is 0.230 e. The van der Waals surface area contributed by atoms with Crippen LogP contribution in [0.3, 0.4) is 0 Å². The number of rotatable bonds is 3. The Balaban J connectivity index is 2.49. The topological polar surface area (TPSA) is 41.1 Å². The van der Waals surface area contributed by atoms with E-state index in [4.69, 9.17) is 0 Å². The zero-order valence-electron chi connectivity index (χ0n) is 7.87. The molecule has 0 aromatic heterocycles. The SMILES string of the molecule is CC(=O)NN[C@H](C)c1ccccc1. The molecular formula is C10H14N2O. The van der Waals surface area contributed by atoms with Gasteiger partial charge in [0.2, 0.25) is 5.91 Å². The molecule has 1 aromatic carbocycles. The van der Waals surface area contributed by atoms with Crippen LogP contribution < -0.4 is 10.9 Å². The second kappa shape index (κ2) is 4.62. The molecule has 0 bridgehead atoms. The summed E-state index contributed by atoms with van der Waals surface area (Å²) < 4.78 is 0. The molecule has 13 heavy (non-hydrogen) atoms. The van der Waals surface area contributed by atoms with E-state index in [2.05, 4.69) is 10.9 Å². The number of hydrazine groups is 1. The summed E-state index contributed by atoms with van der Waals surface area (Å²) in [6.07, 6.45) is 0. The van der Waals surface area contributed by atoms with E-state index in [9.17, 15) is 4.79 Å². The highest BCUT2D eigenvalue weighted by molar-refractivity contribution is 5.72. The van der Waals surface area contributed by atoms with Gasteiger partial charge in [0.25, 0.3) is 0 Å². The van der Waals surface area contributed by atoms with Crippen molar-refractivity contribution in [3.05, 3.63) is 35.9 Å². The summed E-state index contributed by atoms with van der Waals surface area (Å²) >= 11 is 0. The Bertz CT molecular complexity index is 272. The second-order valence-corrected chi connectivity index (χ2v) is 2.96. The number of carbonyl (C=O) groups is 1. The fourth-order valence-corrected chi connectivity index (χ4v) is 1.03. The first-order valence-corrected chi connectivity index (χ1v) is 4.27. The van der Waals surface area contributed by atoms with Gasteiger partial charge in [0.05, 0.1) is 0 Å². The highest BCUT2D eigenvalue weighted by Gasteiger charge is 2.02. The van der Waals surface area contributed by atoms with E-state index < -0.39 is 0 Å². The molecule has 70 valence electrons. The van der Waals surface area contributed by atoms with Gasteiger partial charge in [0.15, 0.2) is 0 Å². The Labute approximate surface area is 78.1 Å². The minimum atomic E-state index is -0.0808. The summed E-state index contributed by atoms with van der Waals surface area (Å²) in [6, 6.07) is 10.1. The van der Waals surface area contributed by atoms with E-state index in [0.717, 1.165) is 5.56 Å². The van der Waals surface area contributed by atoms with Crippen molar-refractivity contribution in [2.24, 2.45) is 0 Å². The van der Waals surface area contributed by atoms with Crippen molar-refractivity contribution in [2.45, 2.75) is 19.9 Å². The average Bonchev–Trinajstić information content (AvgIpc) is 2.15. The summed E-state index contributed by atoms with van der Waals surface area (Å²) in [5.41, 5.74) is 6.60. The zero-order valence-corrected chi connectivity index (χ0v) is 7.87. The molecule has 1 atom stereocenters. The quantitative estimate of drug-likeness (QED) is 0.687. The third-order valence-electron chi connectivity index (χ3n) is 1.76. The fourth-order valence-electron chi connectivity index (χ4n) is 1.03. The van der Waals surface area contributed by atoms with Gasteiger partial charge in [-0.3, -0.25) is 10.2 Å². The molecule has 2 N–H and O–H groups in total. The van der Waals surface area contributed by atoms with Crippen LogP contribution in [0.4, 0.5) is 0 Å². The van der Waals surface area contributed by atoms with Crippen LogP contribution in [0, 0.1) is 0 Å². The second-order valence-electron chi connectivity index (χ2n) is 2.96. The first-order valence-electron chi connectivity index (χ1n) is 4.27. The molecule has 0 spiro atoms. The van der Waals surface area contributed by atoms with E-state index in [1.807, 2.05) is 37.3 Å². The van der Waals surface area contributed by atoms with Crippen LogP contribution in [0.5, 0.6) is 0 Å². The Morgan fingerprint density at radius 3 is 2.46 bits per heavy atom. The predicted octanol–water partition coefficient (Wildman–Crippen LogP) is 1.39. The number of hydrogen-bond acceptors (Lipinski definition) is 2. The van der Waals surface area contributed by atoms with Gasteiger partial charge < -0.3 is 0 Å². The van der Waals surface area contributed by atoms with Crippen LogP contribution in [0.15, 0.2) is 30.3 Å². The van der Waals surface area contributed by atoms with E-state index >= 15 is 0 Å². The number of amides is 1. The van der Waals surface area contributed by atoms with E-state index in [1.165, 1.54) is 6.92 Å². The molecule has 0 radical (unpaired) electrons. The molecule has 3 nitrogen and oxygen atoms in total. The fraction of sp³-hybridized carbons (Fsp3) is 0.300.